The molecule has 1 aliphatic rings. The predicted molar refractivity (Wildman–Crippen MR) is 72.0 cm³/mol. The molecule has 9 heteroatoms. The monoisotopic (exact) mass is 298 g/mol. The van der Waals surface area contributed by atoms with Crippen molar-refractivity contribution in [2.45, 2.75) is 23.8 Å². The van der Waals surface area contributed by atoms with Crippen LogP contribution >= 0.6 is 0 Å². The largest absolute Gasteiger partial charge is 0.397 e. The van der Waals surface area contributed by atoms with Crippen molar-refractivity contribution in [2.75, 3.05) is 11.1 Å². The van der Waals surface area contributed by atoms with E-state index in [0.29, 0.717) is 12.1 Å². The standard InChI is InChI=1S/C11H14N4O4S/c12-7-5-6(20(13,18)19)1-2-8(7)14-9-3-4-10(16)15-11(9)17/h1-2,5,9,14H,3-4,12H2,(H2,13,18,19)(H,15,16,17). The smallest absolute Gasteiger partial charge is 0.249 e. The molecule has 0 aliphatic carbocycles. The third-order valence-electron chi connectivity index (χ3n) is 2.92. The van der Waals surface area contributed by atoms with Crippen molar-refractivity contribution in [1.82, 2.24) is 5.32 Å². The van der Waals surface area contributed by atoms with Crippen LogP contribution in [-0.4, -0.2) is 26.3 Å². The predicted octanol–water partition coefficient (Wildman–Crippen LogP) is -0.867. The van der Waals surface area contributed by atoms with Crippen LogP contribution in [0.25, 0.3) is 0 Å². The van der Waals surface area contributed by atoms with Crippen molar-refractivity contribution in [1.29, 1.82) is 0 Å². The second-order valence-corrected chi connectivity index (χ2v) is 6.00. The van der Waals surface area contributed by atoms with Gasteiger partial charge in [0.05, 0.1) is 16.3 Å². The molecule has 20 heavy (non-hydrogen) atoms. The second-order valence-electron chi connectivity index (χ2n) is 4.44. The fourth-order valence-electron chi connectivity index (χ4n) is 1.87. The summed E-state index contributed by atoms with van der Waals surface area (Å²) in [6.07, 6.45) is 0.583. The van der Waals surface area contributed by atoms with E-state index < -0.39 is 22.0 Å². The Labute approximate surface area is 115 Å². The van der Waals surface area contributed by atoms with Gasteiger partial charge in [-0.15, -0.1) is 0 Å². The molecule has 1 aromatic carbocycles. The molecule has 0 spiro atoms. The Balaban J connectivity index is 2.18. The van der Waals surface area contributed by atoms with Crippen molar-refractivity contribution in [3.63, 3.8) is 0 Å². The number of nitrogen functional groups attached to an aromatic ring is 1. The van der Waals surface area contributed by atoms with Gasteiger partial charge in [0.15, 0.2) is 0 Å². The fraction of sp³-hybridized carbons (Fsp3) is 0.273. The van der Waals surface area contributed by atoms with E-state index in [4.69, 9.17) is 10.9 Å². The second kappa shape index (κ2) is 5.10. The van der Waals surface area contributed by atoms with Gasteiger partial charge in [0.2, 0.25) is 21.8 Å². The summed E-state index contributed by atoms with van der Waals surface area (Å²) in [5, 5.41) is 10.1. The lowest BCUT2D eigenvalue weighted by Gasteiger charge is -2.23. The number of piperidine rings is 1. The number of carbonyl (C=O) groups is 2. The zero-order valence-corrected chi connectivity index (χ0v) is 11.2. The van der Waals surface area contributed by atoms with Gasteiger partial charge in [-0.05, 0) is 24.6 Å². The number of primary sulfonamides is 1. The summed E-state index contributed by atoms with van der Waals surface area (Å²) < 4.78 is 22.3. The van der Waals surface area contributed by atoms with Crippen molar-refractivity contribution < 1.29 is 18.0 Å². The number of imide groups is 1. The van der Waals surface area contributed by atoms with Gasteiger partial charge in [-0.3, -0.25) is 14.9 Å². The Morgan fingerprint density at radius 3 is 2.55 bits per heavy atom. The number of hydrogen-bond donors (Lipinski definition) is 4. The molecule has 2 amide bonds. The number of sulfonamides is 1. The average molecular weight is 298 g/mol. The number of carbonyl (C=O) groups excluding carboxylic acids is 2. The number of rotatable bonds is 3. The van der Waals surface area contributed by atoms with Crippen molar-refractivity contribution in [3.8, 4) is 0 Å². The van der Waals surface area contributed by atoms with Crippen LogP contribution in [0.5, 0.6) is 0 Å². The van der Waals surface area contributed by atoms with Gasteiger partial charge in [-0.25, -0.2) is 13.6 Å². The van der Waals surface area contributed by atoms with E-state index in [9.17, 15) is 18.0 Å². The number of benzene rings is 1. The maximum Gasteiger partial charge on any atom is 0.249 e. The summed E-state index contributed by atoms with van der Waals surface area (Å²) in [5.74, 6) is -0.748. The molecule has 1 aromatic rings. The third kappa shape index (κ3) is 3.06. The SMILES string of the molecule is Nc1cc(S(N)(=O)=O)ccc1NC1CCC(=O)NC1=O. The Morgan fingerprint density at radius 1 is 1.30 bits per heavy atom. The lowest BCUT2D eigenvalue weighted by atomic mass is 10.1. The third-order valence-corrected chi connectivity index (χ3v) is 3.83. The lowest BCUT2D eigenvalue weighted by Crippen LogP contribution is -2.47. The van der Waals surface area contributed by atoms with E-state index in [2.05, 4.69) is 10.6 Å². The van der Waals surface area contributed by atoms with Crippen LogP contribution < -0.4 is 21.5 Å². The summed E-state index contributed by atoms with van der Waals surface area (Å²) in [5.41, 5.74) is 6.29. The average Bonchev–Trinajstić information content (AvgIpc) is 2.33. The van der Waals surface area contributed by atoms with E-state index in [1.165, 1.54) is 18.2 Å². The molecule has 108 valence electrons. The normalized spacial score (nSPS) is 19.6. The quantitative estimate of drug-likeness (QED) is 0.422. The number of anilines is 2. The Bertz CT molecular complexity index is 671. The minimum absolute atomic E-state index is 0.108. The molecule has 0 saturated carbocycles. The summed E-state index contributed by atoms with van der Waals surface area (Å²) in [6, 6.07) is 3.35. The number of amides is 2. The highest BCUT2D eigenvalue weighted by Gasteiger charge is 2.26. The van der Waals surface area contributed by atoms with E-state index >= 15 is 0 Å². The van der Waals surface area contributed by atoms with Crippen LogP contribution in [0.3, 0.4) is 0 Å². The molecule has 0 aromatic heterocycles. The highest BCUT2D eigenvalue weighted by molar-refractivity contribution is 7.89. The molecule has 1 fully saturated rings. The molecule has 2 rings (SSSR count). The maximum absolute atomic E-state index is 11.6. The zero-order chi connectivity index (χ0) is 14.9. The van der Waals surface area contributed by atoms with E-state index in [1.807, 2.05) is 0 Å². The van der Waals surface area contributed by atoms with E-state index in [1.54, 1.807) is 0 Å². The molecule has 8 nitrogen and oxygen atoms in total. The Hall–Kier alpha value is -2.13. The molecular weight excluding hydrogens is 284 g/mol. The first-order valence-electron chi connectivity index (χ1n) is 5.80. The van der Waals surface area contributed by atoms with Crippen LogP contribution in [0.4, 0.5) is 11.4 Å². The summed E-state index contributed by atoms with van der Waals surface area (Å²) in [7, 11) is -3.82. The van der Waals surface area contributed by atoms with Gasteiger partial charge in [0, 0.05) is 6.42 Å². The van der Waals surface area contributed by atoms with Gasteiger partial charge in [-0.2, -0.15) is 0 Å². The molecule has 0 radical (unpaired) electrons. The fourth-order valence-corrected chi connectivity index (χ4v) is 2.42. The summed E-state index contributed by atoms with van der Waals surface area (Å²) in [6.45, 7) is 0. The van der Waals surface area contributed by atoms with Gasteiger partial charge < -0.3 is 11.1 Å². The summed E-state index contributed by atoms with van der Waals surface area (Å²) >= 11 is 0. The Kier molecular flexibility index (Phi) is 3.64. The molecular formula is C11H14N4O4S. The highest BCUT2D eigenvalue weighted by Crippen LogP contribution is 2.24. The molecule has 1 heterocycles. The number of nitrogens with two attached hydrogens (primary N) is 2. The number of nitrogens with one attached hydrogen (secondary N) is 2. The van der Waals surface area contributed by atoms with Crippen molar-refractivity contribution in [2.24, 2.45) is 5.14 Å². The lowest BCUT2D eigenvalue weighted by molar-refractivity contribution is -0.133. The van der Waals surface area contributed by atoms with Gasteiger partial charge in [0.1, 0.15) is 6.04 Å². The minimum Gasteiger partial charge on any atom is -0.397 e. The van der Waals surface area contributed by atoms with Crippen molar-refractivity contribution >= 4 is 33.2 Å². The van der Waals surface area contributed by atoms with Gasteiger partial charge >= 0.3 is 0 Å². The van der Waals surface area contributed by atoms with Crippen LogP contribution in [0.15, 0.2) is 23.1 Å². The molecule has 1 unspecified atom stereocenters. The molecule has 1 aliphatic heterocycles. The van der Waals surface area contributed by atoms with Crippen LogP contribution in [0.2, 0.25) is 0 Å². The molecule has 6 N–H and O–H groups in total. The first-order valence-corrected chi connectivity index (χ1v) is 7.34. The van der Waals surface area contributed by atoms with E-state index in [-0.39, 0.29) is 22.9 Å². The van der Waals surface area contributed by atoms with Crippen LogP contribution in [0.1, 0.15) is 12.8 Å². The number of hydrogen-bond acceptors (Lipinski definition) is 6. The zero-order valence-electron chi connectivity index (χ0n) is 10.4. The molecule has 1 saturated heterocycles. The molecule has 0 bridgehead atoms. The maximum atomic E-state index is 11.6. The van der Waals surface area contributed by atoms with E-state index in [0.717, 1.165) is 0 Å². The topological polar surface area (TPSA) is 144 Å². The Morgan fingerprint density at radius 2 is 2.00 bits per heavy atom. The minimum atomic E-state index is -3.82. The summed E-state index contributed by atoms with van der Waals surface area (Å²) in [4.78, 5) is 22.5. The van der Waals surface area contributed by atoms with Gasteiger partial charge in [0.25, 0.3) is 0 Å². The van der Waals surface area contributed by atoms with Crippen LogP contribution in [-0.2, 0) is 19.6 Å². The van der Waals surface area contributed by atoms with Crippen molar-refractivity contribution in [3.05, 3.63) is 18.2 Å². The molecule has 1 atom stereocenters. The first kappa shape index (κ1) is 14.3. The highest BCUT2D eigenvalue weighted by atomic mass is 32.2. The van der Waals surface area contributed by atoms with Crippen LogP contribution in [0, 0.1) is 0 Å². The van der Waals surface area contributed by atoms with Gasteiger partial charge in [-0.1, -0.05) is 0 Å². The first-order chi connectivity index (χ1) is 9.27.